The molecule has 1 aliphatic heterocycles. The van der Waals surface area contributed by atoms with Gasteiger partial charge in [-0.2, -0.15) is 5.26 Å². The molecule has 1 heterocycles. The van der Waals surface area contributed by atoms with E-state index in [2.05, 4.69) is 6.07 Å². The molecule has 0 radical (unpaired) electrons. The van der Waals surface area contributed by atoms with Crippen LogP contribution in [0.25, 0.3) is 10.8 Å². The summed E-state index contributed by atoms with van der Waals surface area (Å²) >= 11 is 0. The highest BCUT2D eigenvalue weighted by molar-refractivity contribution is 5.99. The maximum Gasteiger partial charge on any atom is 0.309 e. The average Bonchev–Trinajstić information content (AvgIpc) is 3.31. The summed E-state index contributed by atoms with van der Waals surface area (Å²) in [6.45, 7) is 3.07. The van der Waals surface area contributed by atoms with Gasteiger partial charge in [0, 0.05) is 23.8 Å². The van der Waals surface area contributed by atoms with Crippen LogP contribution in [0, 0.1) is 23.2 Å². The van der Waals surface area contributed by atoms with Crippen LogP contribution in [0.15, 0.2) is 24.3 Å². The molecule has 2 aromatic carbocycles. The lowest BCUT2D eigenvalue weighted by molar-refractivity contribution is -0.200. The fourth-order valence-corrected chi connectivity index (χ4v) is 5.44. The minimum Gasteiger partial charge on any atom is -0.496 e. The van der Waals surface area contributed by atoms with Crippen LogP contribution >= 0.6 is 0 Å². The van der Waals surface area contributed by atoms with Crippen molar-refractivity contribution >= 4 is 16.7 Å². The molecule has 0 aromatic heterocycles. The van der Waals surface area contributed by atoms with Gasteiger partial charge in [-0.15, -0.1) is 0 Å². The number of esters is 1. The molecule has 2 aromatic rings. The molecule has 34 heavy (non-hydrogen) atoms. The SMILES string of the molecule is CCOC(=O)C1CCC2(CC1C(C#N)c1cc(OC)c3c(OC)cccc3c1OC)OCCO2. The molecular weight excluding hydrogens is 438 g/mol. The number of hydrogen-bond donors (Lipinski definition) is 0. The molecule has 2 aliphatic rings. The number of rotatable bonds is 7. The lowest BCUT2D eigenvalue weighted by Gasteiger charge is -2.42. The van der Waals surface area contributed by atoms with Crippen molar-refractivity contribution in [1.29, 1.82) is 5.26 Å². The Bertz CT molecular complexity index is 1090. The van der Waals surface area contributed by atoms with Gasteiger partial charge in [0.25, 0.3) is 0 Å². The molecule has 0 amide bonds. The summed E-state index contributed by atoms with van der Waals surface area (Å²) in [6, 6.07) is 9.90. The van der Waals surface area contributed by atoms with Crippen molar-refractivity contribution in [2.45, 2.75) is 37.9 Å². The third-order valence-electron chi connectivity index (χ3n) is 6.91. The Kier molecular flexibility index (Phi) is 7.15. The van der Waals surface area contributed by atoms with Gasteiger partial charge in [-0.25, -0.2) is 0 Å². The minimum absolute atomic E-state index is 0.282. The van der Waals surface area contributed by atoms with Gasteiger partial charge >= 0.3 is 5.97 Å². The van der Waals surface area contributed by atoms with E-state index in [1.54, 1.807) is 28.3 Å². The van der Waals surface area contributed by atoms with Crippen LogP contribution in [0.5, 0.6) is 17.2 Å². The van der Waals surface area contributed by atoms with E-state index in [9.17, 15) is 10.1 Å². The Balaban J connectivity index is 1.87. The van der Waals surface area contributed by atoms with Gasteiger partial charge in [-0.1, -0.05) is 12.1 Å². The number of methoxy groups -OCH3 is 3. The normalized spacial score (nSPS) is 22.2. The van der Waals surface area contributed by atoms with Crippen LogP contribution in [-0.4, -0.2) is 52.9 Å². The van der Waals surface area contributed by atoms with Crippen molar-refractivity contribution in [1.82, 2.24) is 0 Å². The van der Waals surface area contributed by atoms with Crippen LogP contribution < -0.4 is 14.2 Å². The quantitative estimate of drug-likeness (QED) is 0.557. The monoisotopic (exact) mass is 469 g/mol. The Morgan fingerprint density at radius 1 is 1.18 bits per heavy atom. The summed E-state index contributed by atoms with van der Waals surface area (Å²) in [4.78, 5) is 13.0. The summed E-state index contributed by atoms with van der Waals surface area (Å²) in [5, 5.41) is 12.0. The van der Waals surface area contributed by atoms with Gasteiger partial charge in [0.1, 0.15) is 17.2 Å². The highest BCUT2D eigenvalue weighted by Crippen LogP contribution is 2.51. The zero-order chi connectivity index (χ0) is 24.3. The van der Waals surface area contributed by atoms with E-state index in [0.717, 1.165) is 10.8 Å². The maximum atomic E-state index is 13.0. The molecule has 1 saturated carbocycles. The molecule has 0 bridgehead atoms. The molecule has 1 saturated heterocycles. The van der Waals surface area contributed by atoms with E-state index in [1.807, 2.05) is 24.3 Å². The van der Waals surface area contributed by atoms with Crippen LogP contribution in [0.3, 0.4) is 0 Å². The Morgan fingerprint density at radius 3 is 2.53 bits per heavy atom. The summed E-state index contributed by atoms with van der Waals surface area (Å²) in [5.74, 6) is -0.849. The maximum absolute atomic E-state index is 13.0. The van der Waals surface area contributed by atoms with E-state index in [-0.39, 0.29) is 12.6 Å². The van der Waals surface area contributed by atoms with Crippen molar-refractivity contribution < 1.29 is 33.2 Å². The first-order valence-electron chi connectivity index (χ1n) is 11.6. The zero-order valence-corrected chi connectivity index (χ0v) is 20.1. The predicted molar refractivity (Wildman–Crippen MR) is 124 cm³/mol. The third-order valence-corrected chi connectivity index (χ3v) is 6.91. The topological polar surface area (TPSA) is 96.2 Å². The van der Waals surface area contributed by atoms with Crippen molar-refractivity contribution in [3.05, 3.63) is 29.8 Å². The summed E-state index contributed by atoms with van der Waals surface area (Å²) in [6.07, 6.45) is 1.51. The largest absolute Gasteiger partial charge is 0.496 e. The zero-order valence-electron chi connectivity index (χ0n) is 20.1. The lowest BCUT2D eigenvalue weighted by atomic mass is 9.68. The molecule has 3 unspecified atom stereocenters. The van der Waals surface area contributed by atoms with Crippen LogP contribution in [0.1, 0.15) is 37.7 Å². The van der Waals surface area contributed by atoms with E-state index >= 15 is 0 Å². The third kappa shape index (κ3) is 4.15. The highest BCUT2D eigenvalue weighted by Gasteiger charge is 2.50. The Labute approximate surface area is 199 Å². The summed E-state index contributed by atoms with van der Waals surface area (Å²) < 4.78 is 34.5. The second kappa shape index (κ2) is 10.1. The molecule has 3 atom stereocenters. The smallest absolute Gasteiger partial charge is 0.309 e. The van der Waals surface area contributed by atoms with E-state index in [4.69, 9.17) is 28.4 Å². The number of ether oxygens (including phenoxy) is 6. The van der Waals surface area contributed by atoms with Gasteiger partial charge in [0.15, 0.2) is 5.79 Å². The van der Waals surface area contributed by atoms with E-state index in [0.29, 0.717) is 55.3 Å². The lowest BCUT2D eigenvalue weighted by Crippen LogP contribution is -2.45. The predicted octanol–water partition coefficient (Wildman–Crippen LogP) is 4.20. The highest BCUT2D eigenvalue weighted by atomic mass is 16.7. The van der Waals surface area contributed by atoms with Crippen LogP contribution in [-0.2, 0) is 19.0 Å². The molecule has 8 nitrogen and oxygen atoms in total. The molecule has 4 rings (SSSR count). The molecule has 1 spiro atoms. The number of hydrogen-bond acceptors (Lipinski definition) is 8. The van der Waals surface area contributed by atoms with Gasteiger partial charge < -0.3 is 28.4 Å². The first kappa shape index (κ1) is 24.1. The molecule has 2 fully saturated rings. The summed E-state index contributed by atoms with van der Waals surface area (Å²) in [7, 11) is 4.75. The Morgan fingerprint density at radius 2 is 1.91 bits per heavy atom. The Hall–Kier alpha value is -3.02. The summed E-state index contributed by atoms with van der Waals surface area (Å²) in [5.41, 5.74) is 0.650. The fourth-order valence-electron chi connectivity index (χ4n) is 5.44. The van der Waals surface area contributed by atoms with E-state index in [1.165, 1.54) is 0 Å². The molecule has 8 heteroatoms. The van der Waals surface area contributed by atoms with Crippen molar-refractivity contribution in [2.75, 3.05) is 41.2 Å². The number of carbonyl (C=O) groups is 1. The number of carbonyl (C=O) groups excluding carboxylic acids is 1. The molecule has 0 N–H and O–H groups in total. The van der Waals surface area contributed by atoms with Crippen molar-refractivity contribution in [3.8, 4) is 23.3 Å². The first-order valence-corrected chi connectivity index (χ1v) is 11.6. The number of fused-ring (bicyclic) bond motifs is 1. The van der Waals surface area contributed by atoms with E-state index < -0.39 is 23.5 Å². The van der Waals surface area contributed by atoms with Crippen LogP contribution in [0.4, 0.5) is 0 Å². The second-order valence-corrected chi connectivity index (χ2v) is 8.56. The average molecular weight is 470 g/mol. The van der Waals surface area contributed by atoms with Gasteiger partial charge in [-0.05, 0) is 31.4 Å². The van der Waals surface area contributed by atoms with Gasteiger partial charge in [-0.3, -0.25) is 4.79 Å². The molecule has 1 aliphatic carbocycles. The van der Waals surface area contributed by atoms with Crippen molar-refractivity contribution in [2.24, 2.45) is 11.8 Å². The van der Waals surface area contributed by atoms with Crippen molar-refractivity contribution in [3.63, 3.8) is 0 Å². The standard InChI is InChI=1S/C26H31NO7/c1-5-32-25(28)16-9-10-26(33-11-12-34-26)14-19(16)20(15-27)18-13-22(30-3)23-17(24(18)31-4)7-6-8-21(23)29-2/h6-8,13,16,19-20H,5,9-12,14H2,1-4H3. The minimum atomic E-state index is -0.778. The number of benzene rings is 2. The molecular formula is C26H31NO7. The first-order chi connectivity index (χ1) is 16.5. The number of nitrogens with zero attached hydrogens (tertiary/aromatic N) is 1. The second-order valence-electron chi connectivity index (χ2n) is 8.56. The van der Waals surface area contributed by atoms with Gasteiger partial charge in [0.05, 0.1) is 64.4 Å². The molecule has 182 valence electrons. The van der Waals surface area contributed by atoms with Crippen LogP contribution in [0.2, 0.25) is 0 Å². The van der Waals surface area contributed by atoms with Gasteiger partial charge in [0.2, 0.25) is 0 Å². The number of nitriles is 1. The fraction of sp³-hybridized carbons (Fsp3) is 0.538.